The summed E-state index contributed by atoms with van der Waals surface area (Å²) in [7, 11) is 0. The molecule has 0 amide bonds. The highest BCUT2D eigenvalue weighted by molar-refractivity contribution is 8.04. The lowest BCUT2D eigenvalue weighted by molar-refractivity contribution is 0.104. The zero-order valence-electron chi connectivity index (χ0n) is 18.0. The van der Waals surface area contributed by atoms with Crippen molar-refractivity contribution in [1.82, 2.24) is 0 Å². The van der Waals surface area contributed by atoms with Crippen LogP contribution in [0, 0.1) is 0 Å². The molecule has 1 N–H and O–H groups in total. The van der Waals surface area contributed by atoms with Gasteiger partial charge in [0.25, 0.3) is 0 Å². The van der Waals surface area contributed by atoms with Gasteiger partial charge in [-0.05, 0) is 49.6 Å². The van der Waals surface area contributed by atoms with Crippen LogP contribution >= 0.6 is 11.8 Å². The van der Waals surface area contributed by atoms with Crippen molar-refractivity contribution in [2.45, 2.75) is 25.5 Å². The van der Waals surface area contributed by atoms with E-state index >= 15 is 0 Å². The van der Waals surface area contributed by atoms with Gasteiger partial charge in [0.1, 0.15) is 0 Å². The van der Waals surface area contributed by atoms with Gasteiger partial charge < -0.3 is 5.32 Å². The number of rotatable bonds is 7. The van der Waals surface area contributed by atoms with E-state index in [1.165, 1.54) is 16.7 Å². The second-order valence-corrected chi connectivity index (χ2v) is 9.17. The number of anilines is 1. The van der Waals surface area contributed by atoms with Crippen molar-refractivity contribution in [2.75, 3.05) is 11.9 Å². The molecule has 0 saturated heterocycles. The van der Waals surface area contributed by atoms with Crippen LogP contribution in [0.15, 0.2) is 101 Å². The normalized spacial score (nSPS) is 16.1. The van der Waals surface area contributed by atoms with Crippen LogP contribution in [-0.4, -0.2) is 12.3 Å². The minimum Gasteiger partial charge on any atom is -0.381 e. The van der Waals surface area contributed by atoms with Gasteiger partial charge >= 0.3 is 0 Å². The first-order chi connectivity index (χ1) is 15.1. The highest BCUT2D eigenvalue weighted by atomic mass is 32.2. The number of allylic oxidation sites excluding steroid dienone is 2. The van der Waals surface area contributed by atoms with E-state index < -0.39 is 0 Å². The van der Waals surface area contributed by atoms with E-state index in [1.807, 2.05) is 54.6 Å². The average Bonchev–Trinajstić information content (AvgIpc) is 2.83. The predicted molar refractivity (Wildman–Crippen MR) is 133 cm³/mol. The molecule has 31 heavy (non-hydrogen) atoms. The van der Waals surface area contributed by atoms with Gasteiger partial charge in [-0.2, -0.15) is 0 Å². The number of thioether (sulfide) groups is 1. The van der Waals surface area contributed by atoms with Gasteiger partial charge in [-0.1, -0.05) is 83.9 Å². The Kier molecular flexibility index (Phi) is 6.73. The van der Waals surface area contributed by atoms with Crippen molar-refractivity contribution < 1.29 is 4.79 Å². The molecular weight excluding hydrogens is 398 g/mol. The van der Waals surface area contributed by atoms with Crippen molar-refractivity contribution in [2.24, 2.45) is 0 Å². The number of para-hydroxylation sites is 1. The molecule has 1 atom stereocenters. The molecule has 3 heteroatoms. The lowest BCUT2D eigenvalue weighted by atomic mass is 9.96. The van der Waals surface area contributed by atoms with E-state index in [0.29, 0.717) is 0 Å². The highest BCUT2D eigenvalue weighted by Crippen LogP contribution is 2.46. The number of hydrogen-bond acceptors (Lipinski definition) is 3. The lowest BCUT2D eigenvalue weighted by Crippen LogP contribution is -2.10. The van der Waals surface area contributed by atoms with E-state index in [-0.39, 0.29) is 11.0 Å². The van der Waals surface area contributed by atoms with E-state index in [9.17, 15) is 4.79 Å². The van der Waals surface area contributed by atoms with E-state index in [2.05, 4.69) is 55.6 Å². The maximum absolute atomic E-state index is 13.1. The third-order valence-electron chi connectivity index (χ3n) is 5.71. The standard InChI is InChI=1S/C28H27NOS/c1-20(21(2)19-29-24-14-7-4-8-15-24)17-26-25-16-10-9-13-23(25)18-27(31-26)28(30)22-11-5-3-6-12-22/h3-16,18,26,29H,17,19H2,1-2H3/b21-20-. The number of benzene rings is 3. The third-order valence-corrected chi connectivity index (χ3v) is 6.97. The molecular formula is C28H27NOS. The Hall–Kier alpha value is -3.04. The zero-order chi connectivity index (χ0) is 21.6. The largest absolute Gasteiger partial charge is 0.381 e. The summed E-state index contributed by atoms with van der Waals surface area (Å²) in [6, 6.07) is 28.3. The molecule has 156 valence electrons. The van der Waals surface area contributed by atoms with Crippen LogP contribution in [-0.2, 0) is 0 Å². The van der Waals surface area contributed by atoms with E-state index in [0.717, 1.165) is 34.7 Å². The number of ketones is 1. The Bertz CT molecular complexity index is 1120. The second-order valence-electron chi connectivity index (χ2n) is 7.92. The van der Waals surface area contributed by atoms with Crippen LogP contribution in [0.25, 0.3) is 6.08 Å². The summed E-state index contributed by atoms with van der Waals surface area (Å²) in [5.74, 6) is 0.106. The summed E-state index contributed by atoms with van der Waals surface area (Å²) in [4.78, 5) is 13.9. The van der Waals surface area contributed by atoms with Crippen LogP contribution in [0.5, 0.6) is 0 Å². The first-order valence-electron chi connectivity index (χ1n) is 10.6. The van der Waals surface area contributed by atoms with Gasteiger partial charge in [0.2, 0.25) is 0 Å². The molecule has 0 fully saturated rings. The summed E-state index contributed by atoms with van der Waals surface area (Å²) < 4.78 is 0. The SMILES string of the molecule is C/C(CNc1ccccc1)=C(\C)CC1SC(C(=O)c2ccccc2)=Cc2ccccc21. The fourth-order valence-corrected chi connectivity index (χ4v) is 5.13. The number of carbonyl (C=O) groups excluding carboxylic acids is 1. The molecule has 0 spiro atoms. The molecule has 0 saturated carbocycles. The molecule has 1 unspecified atom stereocenters. The van der Waals surface area contributed by atoms with Gasteiger partial charge in [-0.25, -0.2) is 0 Å². The number of nitrogens with one attached hydrogen (secondary N) is 1. The Labute approximate surface area is 189 Å². The zero-order valence-corrected chi connectivity index (χ0v) is 18.8. The van der Waals surface area contributed by atoms with Gasteiger partial charge in [0.15, 0.2) is 5.78 Å². The molecule has 1 heterocycles. The monoisotopic (exact) mass is 425 g/mol. The highest BCUT2D eigenvalue weighted by Gasteiger charge is 2.26. The molecule has 3 aromatic rings. The van der Waals surface area contributed by atoms with Gasteiger partial charge in [0, 0.05) is 23.0 Å². The van der Waals surface area contributed by atoms with Crippen LogP contribution in [0.3, 0.4) is 0 Å². The summed E-state index contributed by atoms with van der Waals surface area (Å²) in [5.41, 5.74) is 7.04. The third kappa shape index (κ3) is 5.18. The van der Waals surface area contributed by atoms with Crippen molar-refractivity contribution in [1.29, 1.82) is 0 Å². The van der Waals surface area contributed by atoms with Crippen molar-refractivity contribution in [3.8, 4) is 0 Å². The topological polar surface area (TPSA) is 29.1 Å². The van der Waals surface area contributed by atoms with Gasteiger partial charge in [-0.3, -0.25) is 4.79 Å². The minimum atomic E-state index is 0.106. The Morgan fingerprint density at radius 1 is 0.839 bits per heavy atom. The first kappa shape index (κ1) is 21.2. The molecule has 3 aromatic carbocycles. The summed E-state index contributed by atoms with van der Waals surface area (Å²) in [5, 5.41) is 3.73. The lowest BCUT2D eigenvalue weighted by Gasteiger charge is -2.26. The summed E-state index contributed by atoms with van der Waals surface area (Å²) in [6.45, 7) is 5.22. The fraction of sp³-hybridized carbons (Fsp3) is 0.179. The number of Topliss-reactive ketones (excluding diaryl/α,β-unsaturated/α-hetero) is 1. The van der Waals surface area contributed by atoms with E-state index in [4.69, 9.17) is 0 Å². The van der Waals surface area contributed by atoms with Crippen molar-refractivity contribution in [3.05, 3.63) is 118 Å². The van der Waals surface area contributed by atoms with Crippen molar-refractivity contribution >= 4 is 29.3 Å². The molecule has 0 aliphatic carbocycles. The molecule has 0 radical (unpaired) electrons. The van der Waals surface area contributed by atoms with Crippen LogP contribution in [0.4, 0.5) is 5.69 Å². The second kappa shape index (κ2) is 9.84. The van der Waals surface area contributed by atoms with E-state index in [1.54, 1.807) is 11.8 Å². The molecule has 2 nitrogen and oxygen atoms in total. The number of hydrogen-bond donors (Lipinski definition) is 1. The molecule has 4 rings (SSSR count). The molecule has 1 aliphatic heterocycles. The molecule has 1 aliphatic rings. The maximum Gasteiger partial charge on any atom is 0.199 e. The maximum atomic E-state index is 13.1. The van der Waals surface area contributed by atoms with Gasteiger partial charge in [0.05, 0.1) is 4.91 Å². The predicted octanol–water partition coefficient (Wildman–Crippen LogP) is 7.54. The smallest absolute Gasteiger partial charge is 0.199 e. The fourth-order valence-electron chi connectivity index (χ4n) is 3.72. The molecule has 0 bridgehead atoms. The first-order valence-corrected chi connectivity index (χ1v) is 11.5. The number of fused-ring (bicyclic) bond motifs is 1. The Morgan fingerprint density at radius 3 is 2.23 bits per heavy atom. The van der Waals surface area contributed by atoms with Gasteiger partial charge in [-0.15, -0.1) is 11.8 Å². The Balaban J connectivity index is 1.53. The summed E-state index contributed by atoms with van der Waals surface area (Å²) >= 11 is 1.69. The average molecular weight is 426 g/mol. The minimum absolute atomic E-state index is 0.106. The van der Waals surface area contributed by atoms with Crippen molar-refractivity contribution in [3.63, 3.8) is 0 Å². The summed E-state index contributed by atoms with van der Waals surface area (Å²) in [6.07, 6.45) is 2.97. The number of carbonyl (C=O) groups is 1. The quantitative estimate of drug-likeness (QED) is 0.313. The van der Waals surface area contributed by atoms with Crippen LogP contribution < -0.4 is 5.32 Å². The Morgan fingerprint density at radius 2 is 1.48 bits per heavy atom. The molecule has 0 aromatic heterocycles. The van der Waals surface area contributed by atoms with Crippen LogP contribution in [0.2, 0.25) is 0 Å². The van der Waals surface area contributed by atoms with Crippen LogP contribution in [0.1, 0.15) is 47.0 Å².